The fourth-order valence-electron chi connectivity index (χ4n) is 2.73. The molecule has 0 spiro atoms. The molecule has 1 aromatic carbocycles. The molecule has 0 aliphatic heterocycles. The van der Waals surface area contributed by atoms with Gasteiger partial charge in [-0.15, -0.1) is 11.3 Å². The van der Waals surface area contributed by atoms with E-state index >= 15 is 0 Å². The number of rotatable bonds is 3. The molecule has 0 fully saturated rings. The Morgan fingerprint density at radius 1 is 1.25 bits per heavy atom. The van der Waals surface area contributed by atoms with Gasteiger partial charge in [0.15, 0.2) is 9.84 Å². The molecular weight excluding hydrogens is 290 g/mol. The van der Waals surface area contributed by atoms with Crippen LogP contribution in [-0.2, 0) is 16.3 Å². The van der Waals surface area contributed by atoms with Crippen LogP contribution in [0.25, 0.3) is 0 Å². The summed E-state index contributed by atoms with van der Waals surface area (Å²) in [5, 5.41) is 5.54. The van der Waals surface area contributed by atoms with Gasteiger partial charge in [0, 0.05) is 11.1 Å². The molecule has 1 aliphatic carbocycles. The van der Waals surface area contributed by atoms with E-state index in [1.165, 1.54) is 16.7 Å². The maximum absolute atomic E-state index is 11.9. The molecule has 0 unspecified atom stereocenters. The Hall–Kier alpha value is -1.33. The average molecular weight is 307 g/mol. The van der Waals surface area contributed by atoms with E-state index in [4.69, 9.17) is 0 Å². The van der Waals surface area contributed by atoms with Crippen molar-refractivity contribution in [2.75, 3.05) is 11.6 Å². The Morgan fingerprint density at radius 3 is 2.85 bits per heavy atom. The lowest BCUT2D eigenvalue weighted by Crippen LogP contribution is -2.17. The lowest BCUT2D eigenvalue weighted by Gasteiger charge is -2.25. The number of nitrogens with one attached hydrogen (secondary N) is 1. The van der Waals surface area contributed by atoms with Gasteiger partial charge in [-0.05, 0) is 48.4 Å². The zero-order valence-corrected chi connectivity index (χ0v) is 12.9. The molecule has 0 radical (unpaired) electrons. The highest BCUT2D eigenvalue weighted by molar-refractivity contribution is 7.90. The number of hydrogen-bond donors (Lipinski definition) is 1. The van der Waals surface area contributed by atoms with Gasteiger partial charge in [-0.3, -0.25) is 0 Å². The minimum absolute atomic E-state index is 0.216. The number of sulfone groups is 1. The van der Waals surface area contributed by atoms with Crippen molar-refractivity contribution in [3.05, 3.63) is 46.2 Å². The first-order chi connectivity index (χ1) is 9.55. The summed E-state index contributed by atoms with van der Waals surface area (Å²) in [6.45, 7) is 0. The molecule has 20 heavy (non-hydrogen) atoms. The van der Waals surface area contributed by atoms with Gasteiger partial charge < -0.3 is 5.32 Å². The predicted octanol–water partition coefficient (Wildman–Crippen LogP) is 3.64. The second kappa shape index (κ2) is 5.22. The molecular formula is C15H17NO2S2. The predicted molar refractivity (Wildman–Crippen MR) is 83.2 cm³/mol. The third-order valence-electron chi connectivity index (χ3n) is 3.67. The van der Waals surface area contributed by atoms with E-state index < -0.39 is 9.84 Å². The Morgan fingerprint density at radius 2 is 2.05 bits per heavy atom. The third-order valence-corrected chi connectivity index (χ3v) is 5.82. The van der Waals surface area contributed by atoms with Crippen LogP contribution in [0.15, 0.2) is 40.6 Å². The van der Waals surface area contributed by atoms with Crippen LogP contribution in [0.3, 0.4) is 0 Å². The minimum atomic E-state index is -3.21. The topological polar surface area (TPSA) is 46.2 Å². The maximum atomic E-state index is 11.9. The smallest absolute Gasteiger partial charge is 0.177 e. The molecule has 0 saturated heterocycles. The maximum Gasteiger partial charge on any atom is 0.177 e. The Kier molecular flexibility index (Phi) is 3.56. The molecule has 1 aliphatic rings. The van der Waals surface area contributed by atoms with Crippen LogP contribution in [0, 0.1) is 0 Å². The highest BCUT2D eigenvalue weighted by Gasteiger charge is 2.23. The second-order valence-corrected chi connectivity index (χ2v) is 8.14. The SMILES string of the molecule is CS(=O)(=O)c1ccccc1N[C@@H]1CCCc2sccc21. The Balaban J connectivity index is 1.95. The summed E-state index contributed by atoms with van der Waals surface area (Å²) in [5.74, 6) is 0. The molecule has 1 aromatic heterocycles. The first-order valence-corrected chi connectivity index (χ1v) is 9.45. The quantitative estimate of drug-likeness (QED) is 0.941. The van der Waals surface area contributed by atoms with Crippen LogP contribution in [0.2, 0.25) is 0 Å². The average Bonchev–Trinajstić information content (AvgIpc) is 2.87. The number of anilines is 1. The molecule has 1 atom stereocenters. The van der Waals surface area contributed by atoms with Crippen molar-refractivity contribution < 1.29 is 8.42 Å². The van der Waals surface area contributed by atoms with E-state index in [9.17, 15) is 8.42 Å². The van der Waals surface area contributed by atoms with Gasteiger partial charge in [-0.25, -0.2) is 8.42 Å². The van der Waals surface area contributed by atoms with Crippen LogP contribution in [-0.4, -0.2) is 14.7 Å². The fraction of sp³-hybridized carbons (Fsp3) is 0.333. The van der Waals surface area contributed by atoms with Crippen molar-refractivity contribution in [3.63, 3.8) is 0 Å². The van der Waals surface area contributed by atoms with E-state index in [-0.39, 0.29) is 6.04 Å². The van der Waals surface area contributed by atoms with Crippen LogP contribution < -0.4 is 5.32 Å². The lowest BCUT2D eigenvalue weighted by molar-refractivity contribution is 0.598. The highest BCUT2D eigenvalue weighted by Crippen LogP contribution is 2.36. The summed E-state index contributed by atoms with van der Waals surface area (Å²) in [6, 6.07) is 9.51. The fourth-order valence-corrected chi connectivity index (χ4v) is 4.57. The monoisotopic (exact) mass is 307 g/mol. The molecule has 106 valence electrons. The summed E-state index contributed by atoms with van der Waals surface area (Å²) in [4.78, 5) is 1.80. The summed E-state index contributed by atoms with van der Waals surface area (Å²) in [6.07, 6.45) is 4.58. The summed E-state index contributed by atoms with van der Waals surface area (Å²) in [5.41, 5.74) is 2.03. The van der Waals surface area contributed by atoms with Crippen molar-refractivity contribution in [2.45, 2.75) is 30.2 Å². The van der Waals surface area contributed by atoms with Crippen molar-refractivity contribution in [1.82, 2.24) is 0 Å². The molecule has 3 nitrogen and oxygen atoms in total. The van der Waals surface area contributed by atoms with Gasteiger partial charge in [0.1, 0.15) is 0 Å². The van der Waals surface area contributed by atoms with E-state index in [0.29, 0.717) is 10.6 Å². The lowest BCUT2D eigenvalue weighted by atomic mass is 9.94. The Bertz CT molecular complexity index is 719. The van der Waals surface area contributed by atoms with Crippen molar-refractivity contribution in [3.8, 4) is 0 Å². The summed E-state index contributed by atoms with van der Waals surface area (Å²) >= 11 is 1.79. The third kappa shape index (κ3) is 2.60. The molecule has 0 amide bonds. The van der Waals surface area contributed by atoms with Crippen LogP contribution in [0.4, 0.5) is 5.69 Å². The number of thiophene rings is 1. The van der Waals surface area contributed by atoms with Crippen molar-refractivity contribution in [2.24, 2.45) is 0 Å². The van der Waals surface area contributed by atoms with E-state index in [1.54, 1.807) is 23.5 Å². The molecule has 1 heterocycles. The van der Waals surface area contributed by atoms with Crippen LogP contribution in [0.5, 0.6) is 0 Å². The van der Waals surface area contributed by atoms with Crippen molar-refractivity contribution in [1.29, 1.82) is 0 Å². The number of para-hydroxylation sites is 1. The van der Waals surface area contributed by atoms with E-state index in [1.807, 2.05) is 12.1 Å². The summed E-state index contributed by atoms with van der Waals surface area (Å²) in [7, 11) is -3.21. The van der Waals surface area contributed by atoms with Gasteiger partial charge in [-0.1, -0.05) is 12.1 Å². The summed E-state index contributed by atoms with van der Waals surface area (Å²) < 4.78 is 23.7. The molecule has 0 bridgehead atoms. The largest absolute Gasteiger partial charge is 0.377 e. The van der Waals surface area contributed by atoms with Gasteiger partial charge in [-0.2, -0.15) is 0 Å². The number of fused-ring (bicyclic) bond motifs is 1. The van der Waals surface area contributed by atoms with Gasteiger partial charge in [0.25, 0.3) is 0 Å². The number of hydrogen-bond acceptors (Lipinski definition) is 4. The normalized spacial score (nSPS) is 18.6. The first-order valence-electron chi connectivity index (χ1n) is 6.67. The molecule has 3 rings (SSSR count). The Labute approximate surface area is 123 Å². The molecule has 5 heteroatoms. The van der Waals surface area contributed by atoms with Crippen molar-refractivity contribution >= 4 is 26.9 Å². The zero-order chi connectivity index (χ0) is 14.2. The number of benzene rings is 1. The minimum Gasteiger partial charge on any atom is -0.377 e. The zero-order valence-electron chi connectivity index (χ0n) is 11.3. The molecule has 2 aromatic rings. The van der Waals surface area contributed by atoms with Crippen LogP contribution in [0.1, 0.15) is 29.3 Å². The van der Waals surface area contributed by atoms with Gasteiger partial charge in [0.2, 0.25) is 0 Å². The second-order valence-electron chi connectivity index (χ2n) is 5.16. The van der Waals surface area contributed by atoms with Gasteiger partial charge in [0.05, 0.1) is 16.6 Å². The van der Waals surface area contributed by atoms with Crippen LogP contribution >= 0.6 is 11.3 Å². The standard InChI is InChI=1S/C15H17NO2S2/c1-20(17,18)15-8-3-2-5-13(15)16-12-6-4-7-14-11(12)9-10-19-14/h2-3,5,8-10,12,16H,4,6-7H2,1H3/t12-/m1/s1. The van der Waals surface area contributed by atoms with E-state index in [0.717, 1.165) is 19.3 Å². The molecule has 1 N–H and O–H groups in total. The first kappa shape index (κ1) is 13.6. The number of aryl methyl sites for hydroxylation is 1. The molecule has 0 saturated carbocycles. The van der Waals surface area contributed by atoms with E-state index in [2.05, 4.69) is 16.8 Å². The van der Waals surface area contributed by atoms with Gasteiger partial charge >= 0.3 is 0 Å². The highest BCUT2D eigenvalue weighted by atomic mass is 32.2.